The van der Waals surface area contributed by atoms with Crippen molar-refractivity contribution < 1.29 is 24.2 Å². The first-order chi connectivity index (χ1) is 9.79. The van der Waals surface area contributed by atoms with Gasteiger partial charge in [-0.1, -0.05) is 13.8 Å². The first-order valence-corrected chi connectivity index (χ1v) is 6.96. The summed E-state index contributed by atoms with van der Waals surface area (Å²) in [5, 5.41) is 11.7. The average Bonchev–Trinajstić information content (AvgIpc) is 2.85. The minimum atomic E-state index is -1.00. The van der Waals surface area contributed by atoms with E-state index in [9.17, 15) is 14.4 Å². The Hall–Kier alpha value is -1.83. The standard InChI is InChI=1S/C13H23N3O5/c1-4-16(9-6-21-5-8(9)12(18)19)13(20)15-10(7(2)3)11(14)17/h7-10H,4-6H2,1-3H3,(H2,14,17)(H,15,20)(H,18,19). The molecular weight excluding hydrogens is 278 g/mol. The van der Waals surface area contributed by atoms with Crippen molar-refractivity contribution in [2.45, 2.75) is 32.9 Å². The van der Waals surface area contributed by atoms with Gasteiger partial charge in [0.05, 0.1) is 19.3 Å². The summed E-state index contributed by atoms with van der Waals surface area (Å²) < 4.78 is 5.17. The number of nitrogens with zero attached hydrogens (tertiary/aromatic N) is 1. The Morgan fingerprint density at radius 1 is 1.38 bits per heavy atom. The lowest BCUT2D eigenvalue weighted by atomic mass is 10.0. The Morgan fingerprint density at radius 3 is 2.43 bits per heavy atom. The monoisotopic (exact) mass is 301 g/mol. The molecule has 1 aliphatic rings. The van der Waals surface area contributed by atoms with Gasteiger partial charge >= 0.3 is 12.0 Å². The van der Waals surface area contributed by atoms with Crippen LogP contribution in [0.15, 0.2) is 0 Å². The van der Waals surface area contributed by atoms with E-state index < -0.39 is 35.9 Å². The van der Waals surface area contributed by atoms with Crippen molar-refractivity contribution in [1.82, 2.24) is 10.2 Å². The van der Waals surface area contributed by atoms with Gasteiger partial charge in [-0.25, -0.2) is 4.79 Å². The second-order valence-corrected chi connectivity index (χ2v) is 5.41. The fraction of sp³-hybridized carbons (Fsp3) is 0.769. The maximum absolute atomic E-state index is 12.3. The van der Waals surface area contributed by atoms with E-state index in [1.54, 1.807) is 20.8 Å². The van der Waals surface area contributed by atoms with Gasteiger partial charge in [0.25, 0.3) is 0 Å². The molecule has 120 valence electrons. The van der Waals surface area contributed by atoms with Crippen LogP contribution in [0.3, 0.4) is 0 Å². The molecule has 0 radical (unpaired) electrons. The highest BCUT2D eigenvalue weighted by atomic mass is 16.5. The topological polar surface area (TPSA) is 122 Å². The molecule has 0 aromatic heterocycles. The van der Waals surface area contributed by atoms with Gasteiger partial charge in [-0.3, -0.25) is 9.59 Å². The number of hydrogen-bond acceptors (Lipinski definition) is 4. The summed E-state index contributed by atoms with van der Waals surface area (Å²) in [6.07, 6.45) is 0. The molecule has 0 aromatic carbocycles. The summed E-state index contributed by atoms with van der Waals surface area (Å²) >= 11 is 0. The molecule has 0 aliphatic carbocycles. The van der Waals surface area contributed by atoms with Gasteiger partial charge in [0.15, 0.2) is 0 Å². The maximum atomic E-state index is 12.3. The van der Waals surface area contributed by atoms with Crippen LogP contribution >= 0.6 is 0 Å². The number of nitrogens with two attached hydrogens (primary N) is 1. The number of rotatable bonds is 6. The van der Waals surface area contributed by atoms with Gasteiger partial charge in [-0.05, 0) is 12.8 Å². The highest BCUT2D eigenvalue weighted by molar-refractivity contribution is 5.86. The molecule has 1 saturated heterocycles. The van der Waals surface area contributed by atoms with E-state index in [0.29, 0.717) is 6.54 Å². The van der Waals surface area contributed by atoms with Crippen molar-refractivity contribution in [3.05, 3.63) is 0 Å². The van der Waals surface area contributed by atoms with Crippen LogP contribution < -0.4 is 11.1 Å². The predicted octanol–water partition coefficient (Wildman–Crippen LogP) is -0.373. The molecule has 3 amide bonds. The first kappa shape index (κ1) is 17.2. The Morgan fingerprint density at radius 2 is 2.00 bits per heavy atom. The molecular formula is C13H23N3O5. The average molecular weight is 301 g/mol. The number of amides is 3. The van der Waals surface area contributed by atoms with Crippen LogP contribution in [-0.4, -0.2) is 59.8 Å². The van der Waals surface area contributed by atoms with E-state index in [1.165, 1.54) is 4.90 Å². The van der Waals surface area contributed by atoms with Crippen molar-refractivity contribution >= 4 is 17.9 Å². The number of carboxylic acid groups (broad SMARTS) is 1. The lowest BCUT2D eigenvalue weighted by molar-refractivity contribution is -0.142. The minimum Gasteiger partial charge on any atom is -0.481 e. The number of ether oxygens (including phenoxy) is 1. The summed E-state index contributed by atoms with van der Waals surface area (Å²) in [6, 6.07) is -1.85. The maximum Gasteiger partial charge on any atom is 0.318 e. The number of likely N-dealkylation sites (N-methyl/N-ethyl adjacent to an activating group) is 1. The van der Waals surface area contributed by atoms with Gasteiger partial charge in [-0.15, -0.1) is 0 Å². The summed E-state index contributed by atoms with van der Waals surface area (Å²) in [5.41, 5.74) is 5.27. The van der Waals surface area contributed by atoms with Crippen molar-refractivity contribution in [3.63, 3.8) is 0 Å². The van der Waals surface area contributed by atoms with E-state index in [1.807, 2.05) is 0 Å². The molecule has 3 unspecified atom stereocenters. The quantitative estimate of drug-likeness (QED) is 0.617. The Balaban J connectivity index is 2.81. The van der Waals surface area contributed by atoms with E-state index in [4.69, 9.17) is 15.6 Å². The zero-order valence-electron chi connectivity index (χ0n) is 12.5. The summed E-state index contributed by atoms with van der Waals surface area (Å²) in [7, 11) is 0. The minimum absolute atomic E-state index is 0.0766. The Bertz CT molecular complexity index is 413. The van der Waals surface area contributed by atoms with Crippen molar-refractivity contribution in [3.8, 4) is 0 Å². The fourth-order valence-electron chi connectivity index (χ4n) is 2.40. The molecule has 8 nitrogen and oxygen atoms in total. The number of carbonyl (C=O) groups is 3. The van der Waals surface area contributed by atoms with Crippen LogP contribution in [0.4, 0.5) is 4.79 Å². The molecule has 0 saturated carbocycles. The molecule has 21 heavy (non-hydrogen) atoms. The third kappa shape index (κ3) is 4.07. The predicted molar refractivity (Wildman–Crippen MR) is 74.5 cm³/mol. The van der Waals surface area contributed by atoms with Crippen LogP contribution in [0.1, 0.15) is 20.8 Å². The van der Waals surface area contributed by atoms with Crippen LogP contribution in [-0.2, 0) is 14.3 Å². The molecule has 1 aliphatic heterocycles. The number of primary amides is 1. The molecule has 4 N–H and O–H groups in total. The van der Waals surface area contributed by atoms with Gasteiger partial charge in [0.1, 0.15) is 12.0 Å². The fourth-order valence-corrected chi connectivity index (χ4v) is 2.40. The number of carbonyl (C=O) groups excluding carboxylic acids is 2. The molecule has 0 aromatic rings. The van der Waals surface area contributed by atoms with Crippen LogP contribution in [0.2, 0.25) is 0 Å². The molecule has 0 spiro atoms. The Kier molecular flexibility index (Phi) is 5.95. The van der Waals surface area contributed by atoms with Crippen molar-refractivity contribution in [1.29, 1.82) is 0 Å². The smallest absolute Gasteiger partial charge is 0.318 e. The number of hydrogen-bond donors (Lipinski definition) is 3. The first-order valence-electron chi connectivity index (χ1n) is 6.96. The van der Waals surface area contributed by atoms with Crippen molar-refractivity contribution in [2.24, 2.45) is 17.6 Å². The van der Waals surface area contributed by atoms with Crippen LogP contribution in [0, 0.1) is 11.8 Å². The molecule has 0 bridgehead atoms. The lowest BCUT2D eigenvalue weighted by Crippen LogP contribution is -2.56. The molecule has 1 fully saturated rings. The zero-order chi connectivity index (χ0) is 16.2. The molecule has 1 heterocycles. The SMILES string of the molecule is CCN(C(=O)NC(C(N)=O)C(C)C)C1COCC1C(=O)O. The zero-order valence-corrected chi connectivity index (χ0v) is 12.5. The summed E-state index contributed by atoms with van der Waals surface area (Å²) in [4.78, 5) is 36.2. The van der Waals surface area contributed by atoms with E-state index in [-0.39, 0.29) is 19.1 Å². The highest BCUT2D eigenvalue weighted by Gasteiger charge is 2.40. The summed E-state index contributed by atoms with van der Waals surface area (Å²) in [5.74, 6) is -2.53. The third-order valence-corrected chi connectivity index (χ3v) is 3.62. The largest absolute Gasteiger partial charge is 0.481 e. The van der Waals surface area contributed by atoms with E-state index in [0.717, 1.165) is 0 Å². The number of urea groups is 1. The second-order valence-electron chi connectivity index (χ2n) is 5.41. The van der Waals surface area contributed by atoms with E-state index >= 15 is 0 Å². The lowest BCUT2D eigenvalue weighted by Gasteiger charge is -2.31. The van der Waals surface area contributed by atoms with Gasteiger partial charge < -0.3 is 25.8 Å². The number of carboxylic acids is 1. The van der Waals surface area contributed by atoms with Gasteiger partial charge in [0, 0.05) is 6.54 Å². The van der Waals surface area contributed by atoms with Crippen molar-refractivity contribution in [2.75, 3.05) is 19.8 Å². The summed E-state index contributed by atoms with van der Waals surface area (Å²) in [6.45, 7) is 5.84. The number of nitrogens with one attached hydrogen (secondary N) is 1. The molecule has 1 rings (SSSR count). The second kappa shape index (κ2) is 7.26. The molecule has 8 heteroatoms. The normalized spacial score (nSPS) is 22.9. The van der Waals surface area contributed by atoms with Gasteiger partial charge in [0.2, 0.25) is 5.91 Å². The third-order valence-electron chi connectivity index (χ3n) is 3.62. The van der Waals surface area contributed by atoms with Crippen LogP contribution in [0.5, 0.6) is 0 Å². The van der Waals surface area contributed by atoms with Crippen LogP contribution in [0.25, 0.3) is 0 Å². The molecule has 3 atom stereocenters. The Labute approximate surface area is 123 Å². The highest BCUT2D eigenvalue weighted by Crippen LogP contribution is 2.20. The number of aliphatic carboxylic acids is 1. The van der Waals surface area contributed by atoms with E-state index in [2.05, 4.69) is 5.32 Å². The van der Waals surface area contributed by atoms with Gasteiger partial charge in [-0.2, -0.15) is 0 Å².